The minimum Gasteiger partial charge on any atom is -0.495 e. The van der Waals surface area contributed by atoms with E-state index in [1.165, 1.54) is 11.6 Å². The fourth-order valence-electron chi connectivity index (χ4n) is 2.28. The molecule has 1 N–H and O–H groups in total. The maximum absolute atomic E-state index is 12.2. The van der Waals surface area contributed by atoms with Gasteiger partial charge in [-0.25, -0.2) is 0 Å². The molecule has 2 aromatic rings. The van der Waals surface area contributed by atoms with E-state index < -0.39 is 0 Å². The summed E-state index contributed by atoms with van der Waals surface area (Å²) in [6.45, 7) is 6.17. The lowest BCUT2D eigenvalue weighted by atomic mass is 10.0. The third kappa shape index (κ3) is 4.39. The van der Waals surface area contributed by atoms with Gasteiger partial charge in [0.15, 0.2) is 5.78 Å². The van der Waals surface area contributed by atoms with Gasteiger partial charge in [0, 0.05) is 28.9 Å². The third-order valence-corrected chi connectivity index (χ3v) is 4.22. The van der Waals surface area contributed by atoms with Crippen LogP contribution in [0.2, 0.25) is 5.02 Å². The minimum atomic E-state index is -0.0533. The number of ketones is 1. The molecular weight excluding hydrogens is 322 g/mol. The van der Waals surface area contributed by atoms with Crippen LogP contribution in [0, 0.1) is 6.92 Å². The summed E-state index contributed by atoms with van der Waals surface area (Å²) >= 11 is 6.08. The topological polar surface area (TPSA) is 38.3 Å². The summed E-state index contributed by atoms with van der Waals surface area (Å²) in [5.74, 6) is 1.03. The van der Waals surface area contributed by atoms with Crippen molar-refractivity contribution in [2.45, 2.75) is 26.7 Å². The molecule has 0 saturated heterocycles. The Hall–Kier alpha value is -2.26. The molecule has 0 saturated carbocycles. The van der Waals surface area contributed by atoms with E-state index >= 15 is 0 Å². The number of anilines is 1. The fraction of sp³-hybridized carbons (Fsp3) is 0.250. The van der Waals surface area contributed by atoms with Crippen molar-refractivity contribution in [3.63, 3.8) is 0 Å². The van der Waals surface area contributed by atoms with Crippen molar-refractivity contribution >= 4 is 23.1 Å². The number of hydrogen-bond donors (Lipinski definition) is 1. The van der Waals surface area contributed by atoms with Crippen LogP contribution in [0.1, 0.15) is 41.3 Å². The molecule has 0 aliphatic rings. The lowest BCUT2D eigenvalue weighted by Gasteiger charge is -2.10. The summed E-state index contributed by atoms with van der Waals surface area (Å²) in [5.41, 5.74) is 3.58. The van der Waals surface area contributed by atoms with Gasteiger partial charge >= 0.3 is 0 Å². The molecule has 0 aliphatic carbocycles. The Morgan fingerprint density at radius 3 is 2.46 bits per heavy atom. The summed E-state index contributed by atoms with van der Waals surface area (Å²) in [7, 11) is 1.58. The lowest BCUT2D eigenvalue weighted by Crippen LogP contribution is -1.98. The molecule has 0 aromatic heterocycles. The van der Waals surface area contributed by atoms with Gasteiger partial charge in [-0.05, 0) is 30.0 Å². The largest absolute Gasteiger partial charge is 0.495 e. The normalized spacial score (nSPS) is 11.1. The second-order valence-corrected chi connectivity index (χ2v) is 6.33. The number of nitrogens with one attached hydrogen (secondary N) is 1. The van der Waals surface area contributed by atoms with Gasteiger partial charge < -0.3 is 10.1 Å². The number of benzene rings is 2. The van der Waals surface area contributed by atoms with Crippen LogP contribution < -0.4 is 10.1 Å². The molecule has 0 heterocycles. The fourth-order valence-corrected chi connectivity index (χ4v) is 2.43. The maximum Gasteiger partial charge on any atom is 0.187 e. The van der Waals surface area contributed by atoms with E-state index in [0.29, 0.717) is 22.3 Å². The molecule has 2 rings (SSSR count). The van der Waals surface area contributed by atoms with Gasteiger partial charge in [0.05, 0.1) is 12.8 Å². The maximum atomic E-state index is 12.2. The van der Waals surface area contributed by atoms with E-state index in [2.05, 4.69) is 19.2 Å². The average molecular weight is 344 g/mol. The van der Waals surface area contributed by atoms with Gasteiger partial charge in [-0.1, -0.05) is 49.7 Å². The summed E-state index contributed by atoms with van der Waals surface area (Å²) in [6.07, 6.45) is 3.12. The molecule has 24 heavy (non-hydrogen) atoms. The Kier molecular flexibility index (Phi) is 6.04. The molecule has 0 unspecified atom stereocenters. The highest BCUT2D eigenvalue weighted by atomic mass is 35.5. The van der Waals surface area contributed by atoms with Crippen LogP contribution in [0.5, 0.6) is 5.75 Å². The van der Waals surface area contributed by atoms with E-state index in [1.807, 2.05) is 37.3 Å². The van der Waals surface area contributed by atoms with E-state index in [-0.39, 0.29) is 5.78 Å². The first-order valence-corrected chi connectivity index (χ1v) is 8.21. The van der Waals surface area contributed by atoms with Crippen molar-refractivity contribution in [1.29, 1.82) is 0 Å². The highest BCUT2D eigenvalue weighted by Gasteiger charge is 2.06. The molecule has 0 spiro atoms. The molecule has 0 radical (unpaired) electrons. The molecule has 0 aliphatic heterocycles. The number of aryl methyl sites for hydroxylation is 1. The zero-order chi connectivity index (χ0) is 17.7. The van der Waals surface area contributed by atoms with Crippen LogP contribution in [-0.4, -0.2) is 12.9 Å². The van der Waals surface area contributed by atoms with E-state index in [9.17, 15) is 4.79 Å². The minimum absolute atomic E-state index is 0.0533. The highest BCUT2D eigenvalue weighted by Crippen LogP contribution is 2.30. The molecule has 0 bridgehead atoms. The number of halogens is 1. The van der Waals surface area contributed by atoms with Gasteiger partial charge in [0.25, 0.3) is 0 Å². The van der Waals surface area contributed by atoms with Gasteiger partial charge in [0.2, 0.25) is 0 Å². The van der Waals surface area contributed by atoms with Crippen LogP contribution in [-0.2, 0) is 0 Å². The zero-order valence-corrected chi connectivity index (χ0v) is 15.1. The number of carbonyl (C=O) groups is 1. The van der Waals surface area contributed by atoms with Crippen LogP contribution in [0.25, 0.3) is 0 Å². The molecule has 4 heteroatoms. The number of methoxy groups -OCH3 is 1. The molecule has 0 atom stereocenters. The van der Waals surface area contributed by atoms with Crippen LogP contribution in [0.4, 0.5) is 5.69 Å². The van der Waals surface area contributed by atoms with Crippen molar-refractivity contribution in [3.8, 4) is 5.75 Å². The Morgan fingerprint density at radius 1 is 1.21 bits per heavy atom. The van der Waals surface area contributed by atoms with E-state index in [4.69, 9.17) is 16.3 Å². The SMILES string of the molecule is COc1cc(Cl)c(C)cc1N/C=C/C(=O)c1ccc(C(C)C)cc1. The summed E-state index contributed by atoms with van der Waals surface area (Å²) in [5, 5.41) is 3.72. The first kappa shape index (κ1) is 18.1. The van der Waals surface area contributed by atoms with Gasteiger partial charge in [-0.15, -0.1) is 0 Å². The Morgan fingerprint density at radius 2 is 1.88 bits per heavy atom. The summed E-state index contributed by atoms with van der Waals surface area (Å²) in [4.78, 5) is 12.2. The quantitative estimate of drug-likeness (QED) is 0.549. The number of hydrogen-bond acceptors (Lipinski definition) is 3. The molecule has 3 nitrogen and oxygen atoms in total. The monoisotopic (exact) mass is 343 g/mol. The first-order chi connectivity index (χ1) is 11.4. The van der Waals surface area contributed by atoms with Gasteiger partial charge in [0.1, 0.15) is 5.75 Å². The Balaban J connectivity index is 2.08. The number of allylic oxidation sites excluding steroid dienone is 1. The first-order valence-electron chi connectivity index (χ1n) is 7.84. The zero-order valence-electron chi connectivity index (χ0n) is 14.4. The van der Waals surface area contributed by atoms with E-state index in [0.717, 1.165) is 11.3 Å². The molecule has 126 valence electrons. The summed E-state index contributed by atoms with van der Waals surface area (Å²) < 4.78 is 5.29. The second kappa shape index (κ2) is 8.02. The standard InChI is InChI=1S/C20H22ClNO2/c1-13(2)15-5-7-16(8-6-15)19(23)9-10-22-18-11-14(3)17(21)12-20(18)24-4/h5-13,22H,1-4H3/b10-9+. The van der Waals surface area contributed by atoms with E-state index in [1.54, 1.807) is 19.4 Å². The van der Waals surface area contributed by atoms with Crippen molar-refractivity contribution < 1.29 is 9.53 Å². The van der Waals surface area contributed by atoms with Crippen LogP contribution in [0.3, 0.4) is 0 Å². The Bertz CT molecular complexity index is 749. The number of carbonyl (C=O) groups excluding carboxylic acids is 1. The molecule has 0 amide bonds. The van der Waals surface area contributed by atoms with Crippen LogP contribution >= 0.6 is 11.6 Å². The van der Waals surface area contributed by atoms with Crippen molar-refractivity contribution in [1.82, 2.24) is 0 Å². The van der Waals surface area contributed by atoms with Crippen molar-refractivity contribution in [2.75, 3.05) is 12.4 Å². The van der Waals surface area contributed by atoms with Crippen molar-refractivity contribution in [2.24, 2.45) is 0 Å². The highest BCUT2D eigenvalue weighted by molar-refractivity contribution is 6.31. The number of ether oxygens (including phenoxy) is 1. The third-order valence-electron chi connectivity index (χ3n) is 3.82. The predicted octanol–water partition coefficient (Wildman–Crippen LogP) is 5.59. The van der Waals surface area contributed by atoms with Gasteiger partial charge in [-0.3, -0.25) is 4.79 Å². The Labute approximate surface area is 148 Å². The van der Waals surface area contributed by atoms with Crippen molar-refractivity contribution in [3.05, 3.63) is 70.4 Å². The summed E-state index contributed by atoms with van der Waals surface area (Å²) in [6, 6.07) is 11.3. The molecular formula is C20H22ClNO2. The number of rotatable bonds is 6. The van der Waals surface area contributed by atoms with Crippen LogP contribution in [0.15, 0.2) is 48.7 Å². The lowest BCUT2D eigenvalue weighted by molar-refractivity contribution is 0.104. The molecule has 0 fully saturated rings. The molecule has 2 aromatic carbocycles. The smallest absolute Gasteiger partial charge is 0.187 e. The second-order valence-electron chi connectivity index (χ2n) is 5.92. The van der Waals surface area contributed by atoms with Gasteiger partial charge in [-0.2, -0.15) is 0 Å². The average Bonchev–Trinajstić information content (AvgIpc) is 2.57. The predicted molar refractivity (Wildman–Crippen MR) is 100 cm³/mol.